The second kappa shape index (κ2) is 6.04. The quantitative estimate of drug-likeness (QED) is 0.517. The summed E-state index contributed by atoms with van der Waals surface area (Å²) in [5.74, 6) is 0. The predicted octanol–water partition coefficient (Wildman–Crippen LogP) is -0.448. The highest BCUT2D eigenvalue weighted by Crippen LogP contribution is 2.23. The molecule has 0 aliphatic carbocycles. The third-order valence-corrected chi connectivity index (χ3v) is 3.26. The molecule has 1 aromatic carbocycles. The molecule has 19 heavy (non-hydrogen) atoms. The fourth-order valence-electron chi connectivity index (χ4n) is 1.96. The van der Waals surface area contributed by atoms with Crippen molar-refractivity contribution < 1.29 is 25.2 Å². The summed E-state index contributed by atoms with van der Waals surface area (Å²) < 4.78 is 5.31. The van der Waals surface area contributed by atoms with Gasteiger partial charge in [-0.15, -0.1) is 0 Å². The summed E-state index contributed by atoms with van der Waals surface area (Å²) in [7, 11) is 0. The van der Waals surface area contributed by atoms with Gasteiger partial charge in [-0.2, -0.15) is 0 Å². The van der Waals surface area contributed by atoms with Crippen molar-refractivity contribution >= 4 is 17.3 Å². The number of hydrogen-bond donors (Lipinski definition) is 5. The fraction of sp³-hybridized carbons (Fsp3) is 0.500. The third kappa shape index (κ3) is 3.17. The molecule has 5 atom stereocenters. The van der Waals surface area contributed by atoms with Gasteiger partial charge in [0.1, 0.15) is 24.4 Å². The predicted molar refractivity (Wildman–Crippen MR) is 68.8 cm³/mol. The van der Waals surface area contributed by atoms with Gasteiger partial charge in [0.05, 0.1) is 6.61 Å². The van der Waals surface area contributed by atoms with Crippen molar-refractivity contribution in [2.75, 3.05) is 11.9 Å². The molecular formula is C12H16ClNO5. The lowest BCUT2D eigenvalue weighted by molar-refractivity contribution is -0.221. The van der Waals surface area contributed by atoms with E-state index in [1.54, 1.807) is 24.3 Å². The molecule has 1 aliphatic rings. The van der Waals surface area contributed by atoms with Gasteiger partial charge >= 0.3 is 0 Å². The van der Waals surface area contributed by atoms with Gasteiger partial charge in [-0.25, -0.2) is 0 Å². The van der Waals surface area contributed by atoms with Crippen LogP contribution in [0.15, 0.2) is 24.3 Å². The molecule has 1 fully saturated rings. The molecule has 1 aromatic rings. The summed E-state index contributed by atoms with van der Waals surface area (Å²) in [5.41, 5.74) is 0.594. The standard InChI is InChI=1S/C12H16ClNO5/c13-6-2-1-3-7(4-6)14-12-11(18)10(17)9(16)8(5-15)19-12/h1-4,8-12,14-18H,5H2/t8-,9-,10+,11-,12?/m1/s1. The van der Waals surface area contributed by atoms with Gasteiger partial charge in [0.2, 0.25) is 0 Å². The molecule has 0 saturated carbocycles. The Hall–Kier alpha value is -0.890. The van der Waals surface area contributed by atoms with E-state index in [2.05, 4.69) is 5.32 Å². The monoisotopic (exact) mass is 289 g/mol. The molecule has 5 N–H and O–H groups in total. The van der Waals surface area contributed by atoms with E-state index in [0.29, 0.717) is 10.7 Å². The normalized spacial score (nSPS) is 35.1. The molecule has 1 unspecified atom stereocenters. The van der Waals surface area contributed by atoms with Gasteiger partial charge in [-0.3, -0.25) is 0 Å². The van der Waals surface area contributed by atoms with Gasteiger partial charge in [0, 0.05) is 10.7 Å². The summed E-state index contributed by atoms with van der Waals surface area (Å²) in [6, 6.07) is 6.75. The molecule has 1 aliphatic heterocycles. The summed E-state index contributed by atoms with van der Waals surface area (Å²) in [6.45, 7) is -0.460. The van der Waals surface area contributed by atoms with Gasteiger partial charge in [-0.1, -0.05) is 17.7 Å². The van der Waals surface area contributed by atoms with Crippen LogP contribution in [0, 0.1) is 0 Å². The lowest BCUT2D eigenvalue weighted by atomic mass is 9.98. The number of rotatable bonds is 3. The lowest BCUT2D eigenvalue weighted by Crippen LogP contribution is -2.60. The maximum atomic E-state index is 9.84. The van der Waals surface area contributed by atoms with Crippen molar-refractivity contribution in [3.63, 3.8) is 0 Å². The number of anilines is 1. The lowest BCUT2D eigenvalue weighted by Gasteiger charge is -2.40. The van der Waals surface area contributed by atoms with Crippen LogP contribution in [0.5, 0.6) is 0 Å². The van der Waals surface area contributed by atoms with E-state index < -0.39 is 37.3 Å². The zero-order valence-corrected chi connectivity index (χ0v) is 10.7. The Balaban J connectivity index is 2.10. The second-order valence-corrected chi connectivity index (χ2v) is 4.84. The van der Waals surface area contributed by atoms with Crippen LogP contribution in [-0.2, 0) is 4.74 Å². The van der Waals surface area contributed by atoms with Crippen LogP contribution in [0.25, 0.3) is 0 Å². The highest BCUT2D eigenvalue weighted by atomic mass is 35.5. The van der Waals surface area contributed by atoms with E-state index in [0.717, 1.165) is 0 Å². The minimum absolute atomic E-state index is 0.460. The first-order valence-corrected chi connectivity index (χ1v) is 6.23. The number of ether oxygens (including phenoxy) is 1. The Morgan fingerprint density at radius 2 is 1.89 bits per heavy atom. The van der Waals surface area contributed by atoms with Crippen molar-refractivity contribution in [3.8, 4) is 0 Å². The van der Waals surface area contributed by atoms with Crippen LogP contribution in [0.4, 0.5) is 5.69 Å². The summed E-state index contributed by atoms with van der Waals surface area (Å²) in [4.78, 5) is 0. The first-order valence-electron chi connectivity index (χ1n) is 5.85. The Labute approximate surface area is 115 Å². The molecule has 7 heteroatoms. The minimum atomic E-state index is -1.40. The molecule has 1 saturated heterocycles. The van der Waals surface area contributed by atoms with Gasteiger partial charge in [0.15, 0.2) is 6.23 Å². The SMILES string of the molecule is OC[C@H]1OC(Nc2cccc(Cl)c2)[C@H](O)[C@@H](O)[C@@H]1O. The Morgan fingerprint density at radius 3 is 2.53 bits per heavy atom. The van der Waals surface area contributed by atoms with E-state index in [4.69, 9.17) is 21.4 Å². The average molecular weight is 290 g/mol. The molecule has 0 bridgehead atoms. The van der Waals surface area contributed by atoms with E-state index in [1.807, 2.05) is 0 Å². The van der Waals surface area contributed by atoms with Crippen molar-refractivity contribution in [2.24, 2.45) is 0 Å². The molecule has 1 heterocycles. The number of nitrogens with one attached hydrogen (secondary N) is 1. The maximum Gasteiger partial charge on any atom is 0.157 e. The van der Waals surface area contributed by atoms with Crippen molar-refractivity contribution in [2.45, 2.75) is 30.6 Å². The van der Waals surface area contributed by atoms with E-state index in [9.17, 15) is 15.3 Å². The first-order chi connectivity index (χ1) is 9.02. The van der Waals surface area contributed by atoms with Crippen LogP contribution >= 0.6 is 11.6 Å². The average Bonchev–Trinajstić information content (AvgIpc) is 2.39. The highest BCUT2D eigenvalue weighted by molar-refractivity contribution is 6.30. The largest absolute Gasteiger partial charge is 0.394 e. The fourth-order valence-corrected chi connectivity index (χ4v) is 2.15. The topological polar surface area (TPSA) is 102 Å². The molecule has 0 aromatic heterocycles. The molecule has 0 radical (unpaired) electrons. The molecule has 0 amide bonds. The van der Waals surface area contributed by atoms with E-state index in [-0.39, 0.29) is 0 Å². The van der Waals surface area contributed by atoms with Gasteiger partial charge < -0.3 is 30.5 Å². The van der Waals surface area contributed by atoms with Gasteiger partial charge in [0.25, 0.3) is 0 Å². The summed E-state index contributed by atoms with van der Waals surface area (Å²) >= 11 is 5.83. The van der Waals surface area contributed by atoms with E-state index in [1.165, 1.54) is 0 Å². The van der Waals surface area contributed by atoms with Crippen molar-refractivity contribution in [1.29, 1.82) is 0 Å². The summed E-state index contributed by atoms with van der Waals surface area (Å²) in [5, 5.41) is 41.5. The number of aliphatic hydroxyl groups excluding tert-OH is 4. The van der Waals surface area contributed by atoms with Crippen molar-refractivity contribution in [3.05, 3.63) is 29.3 Å². The van der Waals surface area contributed by atoms with Crippen molar-refractivity contribution in [1.82, 2.24) is 0 Å². The number of hydrogen-bond acceptors (Lipinski definition) is 6. The minimum Gasteiger partial charge on any atom is -0.394 e. The highest BCUT2D eigenvalue weighted by Gasteiger charge is 2.43. The van der Waals surface area contributed by atoms with Crippen LogP contribution in [-0.4, -0.2) is 57.7 Å². The summed E-state index contributed by atoms with van der Waals surface area (Å²) in [6.07, 6.45) is -5.97. The first kappa shape index (κ1) is 14.5. The molecular weight excluding hydrogens is 274 g/mol. The molecule has 6 nitrogen and oxygen atoms in total. The van der Waals surface area contributed by atoms with Gasteiger partial charge in [-0.05, 0) is 18.2 Å². The molecule has 106 valence electrons. The number of aliphatic hydroxyl groups is 4. The van der Waals surface area contributed by atoms with Crippen LogP contribution in [0.3, 0.4) is 0 Å². The Kier molecular flexibility index (Phi) is 4.62. The van der Waals surface area contributed by atoms with Crippen LogP contribution in [0.2, 0.25) is 5.02 Å². The number of benzene rings is 1. The maximum absolute atomic E-state index is 9.84. The molecule has 0 spiro atoms. The smallest absolute Gasteiger partial charge is 0.157 e. The Morgan fingerprint density at radius 1 is 1.16 bits per heavy atom. The zero-order valence-electron chi connectivity index (χ0n) is 9.98. The molecule has 2 rings (SSSR count). The van der Waals surface area contributed by atoms with Crippen LogP contribution in [0.1, 0.15) is 0 Å². The third-order valence-electron chi connectivity index (χ3n) is 3.03. The second-order valence-electron chi connectivity index (χ2n) is 4.40. The van der Waals surface area contributed by atoms with Crippen LogP contribution < -0.4 is 5.32 Å². The van der Waals surface area contributed by atoms with E-state index >= 15 is 0 Å². The zero-order chi connectivity index (χ0) is 14.0. The number of halogens is 1. The Bertz CT molecular complexity index is 430.